The minimum atomic E-state index is -0.360. The van der Waals surface area contributed by atoms with E-state index in [0.29, 0.717) is 17.1 Å². The molecule has 0 aromatic heterocycles. The molecule has 0 radical (unpaired) electrons. The van der Waals surface area contributed by atoms with Crippen molar-refractivity contribution in [3.05, 3.63) is 69.7 Å². The van der Waals surface area contributed by atoms with E-state index in [4.69, 9.17) is 11.6 Å². The number of hydrogen-bond acceptors (Lipinski definition) is 1. The van der Waals surface area contributed by atoms with Crippen molar-refractivity contribution in [3.8, 4) is 0 Å². The molecule has 2 rings (SSSR count). The van der Waals surface area contributed by atoms with Gasteiger partial charge in [0.25, 0.3) is 0 Å². The first-order valence-corrected chi connectivity index (χ1v) is 6.85. The van der Waals surface area contributed by atoms with Gasteiger partial charge in [-0.3, -0.25) is 0 Å². The maximum atomic E-state index is 13.5. The van der Waals surface area contributed by atoms with Crippen LogP contribution < -0.4 is 5.32 Å². The summed E-state index contributed by atoms with van der Waals surface area (Å²) >= 11 is 6.17. The second-order valence-electron chi connectivity index (χ2n) is 4.66. The summed E-state index contributed by atoms with van der Waals surface area (Å²) in [6, 6.07) is 8.47. The monoisotopic (exact) mass is 295 g/mol. The fourth-order valence-electron chi connectivity index (χ4n) is 2.25. The zero-order valence-corrected chi connectivity index (χ0v) is 12.1. The van der Waals surface area contributed by atoms with Crippen LogP contribution in [0.25, 0.3) is 0 Å². The number of rotatable bonds is 4. The molecular weight excluding hydrogens is 280 g/mol. The van der Waals surface area contributed by atoms with E-state index in [-0.39, 0.29) is 17.7 Å². The van der Waals surface area contributed by atoms with Gasteiger partial charge in [-0.1, -0.05) is 24.6 Å². The van der Waals surface area contributed by atoms with E-state index < -0.39 is 0 Å². The first-order valence-electron chi connectivity index (χ1n) is 6.47. The van der Waals surface area contributed by atoms with Gasteiger partial charge < -0.3 is 5.32 Å². The van der Waals surface area contributed by atoms with Gasteiger partial charge in [-0.25, -0.2) is 8.78 Å². The summed E-state index contributed by atoms with van der Waals surface area (Å²) in [6.07, 6.45) is 0. The molecule has 20 heavy (non-hydrogen) atoms. The van der Waals surface area contributed by atoms with Crippen LogP contribution in [0.15, 0.2) is 36.4 Å². The Hall–Kier alpha value is -1.45. The Kier molecular flexibility index (Phi) is 4.73. The summed E-state index contributed by atoms with van der Waals surface area (Å²) in [5.74, 6) is -0.678. The van der Waals surface area contributed by atoms with E-state index in [1.807, 2.05) is 13.8 Å². The van der Waals surface area contributed by atoms with E-state index in [9.17, 15) is 8.78 Å². The smallest absolute Gasteiger partial charge is 0.123 e. The molecule has 0 aliphatic heterocycles. The fraction of sp³-hybridized carbons (Fsp3) is 0.250. The molecule has 0 saturated heterocycles. The molecule has 2 aromatic rings. The lowest BCUT2D eigenvalue weighted by molar-refractivity contribution is 0.591. The molecule has 0 saturated carbocycles. The Morgan fingerprint density at radius 3 is 2.30 bits per heavy atom. The molecule has 1 N–H and O–H groups in total. The Morgan fingerprint density at radius 1 is 1.05 bits per heavy atom. The van der Waals surface area contributed by atoms with Crippen LogP contribution in [0.4, 0.5) is 8.78 Å². The topological polar surface area (TPSA) is 12.0 Å². The first kappa shape index (κ1) is 14.9. The first-order chi connectivity index (χ1) is 9.52. The van der Waals surface area contributed by atoms with Crippen molar-refractivity contribution in [3.63, 3.8) is 0 Å². The van der Waals surface area contributed by atoms with E-state index in [0.717, 1.165) is 11.1 Å². The standard InChI is InChI=1S/C16H16ClF2N/c1-3-20-16(13-8-11(18)5-4-10(13)2)14-9-12(19)6-7-15(14)17/h4-9,16,20H,3H2,1-2H3. The van der Waals surface area contributed by atoms with Crippen molar-refractivity contribution >= 4 is 11.6 Å². The third kappa shape index (κ3) is 3.17. The molecule has 0 aliphatic carbocycles. The average molecular weight is 296 g/mol. The number of nitrogens with one attached hydrogen (secondary N) is 1. The summed E-state index contributed by atoms with van der Waals surface area (Å²) in [4.78, 5) is 0. The molecule has 0 bridgehead atoms. The Morgan fingerprint density at radius 2 is 1.65 bits per heavy atom. The van der Waals surface area contributed by atoms with Gasteiger partial charge in [0.05, 0.1) is 6.04 Å². The lowest BCUT2D eigenvalue weighted by Gasteiger charge is -2.22. The molecule has 0 amide bonds. The second-order valence-corrected chi connectivity index (χ2v) is 5.06. The van der Waals surface area contributed by atoms with E-state index in [1.54, 1.807) is 6.07 Å². The second kappa shape index (κ2) is 6.33. The van der Waals surface area contributed by atoms with Crippen molar-refractivity contribution in [2.75, 3.05) is 6.54 Å². The van der Waals surface area contributed by atoms with Crippen LogP contribution in [0.1, 0.15) is 29.7 Å². The summed E-state index contributed by atoms with van der Waals surface area (Å²) < 4.78 is 27.0. The van der Waals surface area contributed by atoms with Crippen LogP contribution in [0.5, 0.6) is 0 Å². The highest BCUT2D eigenvalue weighted by molar-refractivity contribution is 6.31. The van der Waals surface area contributed by atoms with Crippen molar-refractivity contribution in [1.82, 2.24) is 5.32 Å². The molecule has 0 spiro atoms. The normalized spacial score (nSPS) is 12.4. The minimum Gasteiger partial charge on any atom is -0.306 e. The molecule has 4 heteroatoms. The maximum absolute atomic E-state index is 13.5. The SMILES string of the molecule is CCNC(c1cc(F)ccc1C)c1cc(F)ccc1Cl. The molecule has 0 fully saturated rings. The summed E-state index contributed by atoms with van der Waals surface area (Å²) in [7, 11) is 0. The highest BCUT2D eigenvalue weighted by Crippen LogP contribution is 2.31. The quantitative estimate of drug-likeness (QED) is 0.867. The Bertz CT molecular complexity index is 562. The van der Waals surface area contributed by atoms with Crippen molar-refractivity contribution < 1.29 is 8.78 Å². The number of hydrogen-bond donors (Lipinski definition) is 1. The molecule has 2 aromatic carbocycles. The van der Waals surface area contributed by atoms with Crippen LogP contribution in [-0.4, -0.2) is 6.54 Å². The number of aryl methyl sites for hydroxylation is 1. The highest BCUT2D eigenvalue weighted by Gasteiger charge is 2.19. The predicted octanol–water partition coefficient (Wildman–Crippen LogP) is 4.63. The molecule has 106 valence electrons. The largest absolute Gasteiger partial charge is 0.306 e. The Balaban J connectivity index is 2.55. The lowest BCUT2D eigenvalue weighted by Crippen LogP contribution is -2.23. The number of benzene rings is 2. The van der Waals surface area contributed by atoms with E-state index in [2.05, 4.69) is 5.32 Å². The maximum Gasteiger partial charge on any atom is 0.123 e. The molecule has 1 nitrogen and oxygen atoms in total. The van der Waals surface area contributed by atoms with Gasteiger partial charge in [-0.15, -0.1) is 0 Å². The van der Waals surface area contributed by atoms with Gasteiger partial charge in [0.1, 0.15) is 11.6 Å². The number of halogens is 3. The van der Waals surface area contributed by atoms with Crippen LogP contribution >= 0.6 is 11.6 Å². The van der Waals surface area contributed by atoms with E-state index in [1.165, 1.54) is 30.3 Å². The van der Waals surface area contributed by atoms with Gasteiger partial charge >= 0.3 is 0 Å². The van der Waals surface area contributed by atoms with E-state index >= 15 is 0 Å². The third-order valence-corrected chi connectivity index (χ3v) is 3.57. The lowest BCUT2D eigenvalue weighted by atomic mass is 9.94. The molecule has 1 unspecified atom stereocenters. The fourth-order valence-corrected chi connectivity index (χ4v) is 2.48. The third-order valence-electron chi connectivity index (χ3n) is 3.23. The molecular formula is C16H16ClF2N. The van der Waals surface area contributed by atoms with Crippen LogP contribution in [0.2, 0.25) is 5.02 Å². The molecule has 0 aliphatic rings. The van der Waals surface area contributed by atoms with Gasteiger partial charge in [-0.2, -0.15) is 0 Å². The summed E-state index contributed by atoms with van der Waals surface area (Å²) in [5.41, 5.74) is 2.30. The zero-order chi connectivity index (χ0) is 14.7. The van der Waals surface area contributed by atoms with Gasteiger partial charge in [0.15, 0.2) is 0 Å². The van der Waals surface area contributed by atoms with Gasteiger partial charge in [-0.05, 0) is 60.5 Å². The van der Waals surface area contributed by atoms with Crippen molar-refractivity contribution in [1.29, 1.82) is 0 Å². The van der Waals surface area contributed by atoms with Gasteiger partial charge in [0, 0.05) is 5.02 Å². The van der Waals surface area contributed by atoms with Crippen LogP contribution in [0.3, 0.4) is 0 Å². The van der Waals surface area contributed by atoms with Crippen molar-refractivity contribution in [2.24, 2.45) is 0 Å². The molecule has 1 atom stereocenters. The Labute approximate surface area is 122 Å². The minimum absolute atomic E-state index is 0.318. The zero-order valence-electron chi connectivity index (χ0n) is 11.4. The summed E-state index contributed by atoms with van der Waals surface area (Å²) in [6.45, 7) is 4.49. The van der Waals surface area contributed by atoms with Crippen LogP contribution in [0, 0.1) is 18.6 Å². The van der Waals surface area contributed by atoms with Crippen LogP contribution in [-0.2, 0) is 0 Å². The van der Waals surface area contributed by atoms with Crippen molar-refractivity contribution in [2.45, 2.75) is 19.9 Å². The summed E-state index contributed by atoms with van der Waals surface area (Å²) in [5, 5.41) is 3.69. The van der Waals surface area contributed by atoms with Gasteiger partial charge in [0.2, 0.25) is 0 Å². The predicted molar refractivity (Wildman–Crippen MR) is 78.1 cm³/mol. The average Bonchev–Trinajstić information content (AvgIpc) is 2.42. The highest BCUT2D eigenvalue weighted by atomic mass is 35.5. The molecule has 0 heterocycles.